The largest absolute Gasteiger partial charge is 0.478 e. The fourth-order valence-corrected chi connectivity index (χ4v) is 3.89. The number of benzene rings is 2. The van der Waals surface area contributed by atoms with Crippen LogP contribution in [0, 0.1) is 17.6 Å². The molecule has 2 N–H and O–H groups in total. The smallest absolute Gasteiger partial charge is 0.336 e. The minimum Gasteiger partial charge on any atom is -0.478 e. The molecule has 0 amide bonds. The van der Waals surface area contributed by atoms with Crippen LogP contribution in [-0.2, 0) is 0 Å². The number of aromatic carboxylic acids is 1. The van der Waals surface area contributed by atoms with Crippen molar-refractivity contribution < 1.29 is 18.7 Å². The Balaban J connectivity index is 1.86. The highest BCUT2D eigenvalue weighted by molar-refractivity contribution is 5.89. The van der Waals surface area contributed by atoms with Crippen molar-refractivity contribution in [2.75, 3.05) is 5.32 Å². The van der Waals surface area contributed by atoms with E-state index >= 15 is 0 Å². The first-order chi connectivity index (χ1) is 11.6. The maximum absolute atomic E-state index is 14.3. The maximum atomic E-state index is 14.3. The highest BCUT2D eigenvalue weighted by Gasteiger charge is 2.40. The second-order valence-corrected chi connectivity index (χ2v) is 6.22. The van der Waals surface area contributed by atoms with Crippen molar-refractivity contribution in [2.24, 2.45) is 5.92 Å². The topological polar surface area (TPSA) is 49.3 Å². The van der Waals surface area contributed by atoms with E-state index in [1.807, 2.05) is 12.2 Å². The van der Waals surface area contributed by atoms with Crippen LogP contribution in [0.25, 0.3) is 0 Å². The molecule has 0 saturated heterocycles. The molecular formula is C19H15F2NO2. The Morgan fingerprint density at radius 2 is 1.96 bits per heavy atom. The number of carboxylic acids is 1. The third-order valence-electron chi connectivity index (χ3n) is 4.91. The van der Waals surface area contributed by atoms with Crippen molar-refractivity contribution in [1.29, 1.82) is 0 Å². The van der Waals surface area contributed by atoms with Gasteiger partial charge in [0.15, 0.2) is 0 Å². The third-order valence-corrected chi connectivity index (χ3v) is 4.91. The Morgan fingerprint density at radius 3 is 2.75 bits per heavy atom. The Morgan fingerprint density at radius 1 is 1.17 bits per heavy atom. The third kappa shape index (κ3) is 2.19. The molecule has 4 rings (SSSR count). The second-order valence-electron chi connectivity index (χ2n) is 6.22. The van der Waals surface area contributed by atoms with Gasteiger partial charge in [-0.2, -0.15) is 0 Å². The lowest BCUT2D eigenvalue weighted by atomic mass is 9.76. The van der Waals surface area contributed by atoms with Gasteiger partial charge < -0.3 is 10.4 Å². The zero-order valence-corrected chi connectivity index (χ0v) is 12.7. The van der Waals surface area contributed by atoms with Crippen LogP contribution in [0.1, 0.15) is 39.9 Å². The van der Waals surface area contributed by atoms with Gasteiger partial charge in [-0.1, -0.05) is 30.4 Å². The zero-order chi connectivity index (χ0) is 16.8. The van der Waals surface area contributed by atoms with E-state index in [1.165, 1.54) is 6.07 Å². The van der Waals surface area contributed by atoms with Crippen LogP contribution in [-0.4, -0.2) is 11.1 Å². The molecule has 1 heterocycles. The highest BCUT2D eigenvalue weighted by Crippen LogP contribution is 2.51. The molecular weight excluding hydrogens is 312 g/mol. The normalized spacial score (nSPS) is 24.2. The van der Waals surface area contributed by atoms with E-state index in [0.29, 0.717) is 11.1 Å². The van der Waals surface area contributed by atoms with E-state index < -0.39 is 17.6 Å². The standard InChI is InChI=1S/C19H15F2NO2/c20-10-8-15-11-6-3-7-12(11)17(22-18(15)16(21)9-10)13-4-1-2-5-14(13)19(23)24/h1-6,8-9,11-12,17,22H,7H2,(H,23,24)/t11-,12-,17-/m1/s1. The predicted octanol–water partition coefficient (Wildman–Crippen LogP) is 4.49. The van der Waals surface area contributed by atoms with Gasteiger partial charge in [0.2, 0.25) is 0 Å². The summed E-state index contributed by atoms with van der Waals surface area (Å²) in [4.78, 5) is 11.5. The van der Waals surface area contributed by atoms with Crippen molar-refractivity contribution >= 4 is 11.7 Å². The van der Waals surface area contributed by atoms with Gasteiger partial charge in [0.1, 0.15) is 11.6 Å². The number of carboxylic acid groups (broad SMARTS) is 1. The number of fused-ring (bicyclic) bond motifs is 3. The molecule has 2 aromatic carbocycles. The molecule has 0 saturated carbocycles. The summed E-state index contributed by atoms with van der Waals surface area (Å²) in [5.74, 6) is -2.36. The van der Waals surface area contributed by atoms with Gasteiger partial charge in [-0.25, -0.2) is 13.6 Å². The van der Waals surface area contributed by atoms with E-state index in [2.05, 4.69) is 5.32 Å². The van der Waals surface area contributed by atoms with Crippen molar-refractivity contribution in [3.05, 3.63) is 76.9 Å². The molecule has 24 heavy (non-hydrogen) atoms. The summed E-state index contributed by atoms with van der Waals surface area (Å²) in [7, 11) is 0. The SMILES string of the molecule is O=C(O)c1ccccc1[C@@H]1Nc2c(F)cc(F)cc2[C@@H]2C=CC[C@H]21. The van der Waals surface area contributed by atoms with E-state index in [4.69, 9.17) is 0 Å². The van der Waals surface area contributed by atoms with Gasteiger partial charge in [0, 0.05) is 12.0 Å². The number of halogens is 2. The molecule has 1 aliphatic carbocycles. The van der Waals surface area contributed by atoms with Crippen LogP contribution in [0.15, 0.2) is 48.6 Å². The van der Waals surface area contributed by atoms with Crippen LogP contribution >= 0.6 is 0 Å². The summed E-state index contributed by atoms with van der Waals surface area (Å²) in [5, 5.41) is 12.6. The fraction of sp³-hybridized carbons (Fsp3) is 0.211. The van der Waals surface area contributed by atoms with Crippen molar-refractivity contribution in [3.63, 3.8) is 0 Å². The molecule has 1 aliphatic heterocycles. The predicted molar refractivity (Wildman–Crippen MR) is 86.1 cm³/mol. The number of hydrogen-bond acceptors (Lipinski definition) is 2. The second kappa shape index (κ2) is 5.44. The first kappa shape index (κ1) is 14.9. The first-order valence-electron chi connectivity index (χ1n) is 7.80. The Hall–Kier alpha value is -2.69. The quantitative estimate of drug-likeness (QED) is 0.799. The van der Waals surface area contributed by atoms with E-state index in [0.717, 1.165) is 12.5 Å². The van der Waals surface area contributed by atoms with Crippen molar-refractivity contribution in [1.82, 2.24) is 0 Å². The lowest BCUT2D eigenvalue weighted by Gasteiger charge is -2.38. The van der Waals surface area contributed by atoms with Crippen LogP contribution < -0.4 is 5.32 Å². The summed E-state index contributed by atoms with van der Waals surface area (Å²) < 4.78 is 27.9. The Kier molecular flexibility index (Phi) is 3.37. The first-order valence-corrected chi connectivity index (χ1v) is 7.80. The van der Waals surface area contributed by atoms with E-state index in [-0.39, 0.29) is 29.1 Å². The van der Waals surface area contributed by atoms with Gasteiger partial charge in [-0.05, 0) is 35.6 Å². The molecule has 5 heteroatoms. The lowest BCUT2D eigenvalue weighted by molar-refractivity contribution is 0.0694. The summed E-state index contributed by atoms with van der Waals surface area (Å²) in [5.41, 5.74) is 1.68. The van der Waals surface area contributed by atoms with Crippen molar-refractivity contribution in [3.8, 4) is 0 Å². The summed E-state index contributed by atoms with van der Waals surface area (Å²) in [6.07, 6.45) is 4.68. The fourth-order valence-electron chi connectivity index (χ4n) is 3.89. The molecule has 122 valence electrons. The van der Waals surface area contributed by atoms with Gasteiger partial charge in [0.25, 0.3) is 0 Å². The molecule has 0 bridgehead atoms. The van der Waals surface area contributed by atoms with E-state index in [1.54, 1.807) is 24.3 Å². The van der Waals surface area contributed by atoms with E-state index in [9.17, 15) is 18.7 Å². The zero-order valence-electron chi connectivity index (χ0n) is 12.7. The van der Waals surface area contributed by atoms with Gasteiger partial charge >= 0.3 is 5.97 Å². The average molecular weight is 327 g/mol. The van der Waals surface area contributed by atoms with Gasteiger partial charge in [-0.3, -0.25) is 0 Å². The average Bonchev–Trinajstić information content (AvgIpc) is 3.04. The van der Waals surface area contributed by atoms with Crippen LogP contribution in [0.2, 0.25) is 0 Å². The molecule has 0 unspecified atom stereocenters. The molecule has 0 spiro atoms. The number of rotatable bonds is 2. The minimum absolute atomic E-state index is 0.0270. The number of carbonyl (C=O) groups is 1. The summed E-state index contributed by atoms with van der Waals surface area (Å²) in [6, 6.07) is 8.62. The summed E-state index contributed by atoms with van der Waals surface area (Å²) >= 11 is 0. The lowest BCUT2D eigenvalue weighted by Crippen LogP contribution is -2.31. The molecule has 3 nitrogen and oxygen atoms in total. The number of hydrogen-bond donors (Lipinski definition) is 2. The van der Waals surface area contributed by atoms with Crippen molar-refractivity contribution in [2.45, 2.75) is 18.4 Å². The number of allylic oxidation sites excluding steroid dienone is 2. The summed E-state index contributed by atoms with van der Waals surface area (Å²) in [6.45, 7) is 0. The molecule has 0 radical (unpaired) electrons. The monoisotopic (exact) mass is 327 g/mol. The maximum Gasteiger partial charge on any atom is 0.336 e. The van der Waals surface area contributed by atoms with Gasteiger partial charge in [0.05, 0.1) is 17.3 Å². The molecule has 2 aliphatic rings. The molecule has 0 fully saturated rings. The molecule has 2 aromatic rings. The Labute approximate surface area is 137 Å². The van der Waals surface area contributed by atoms with Gasteiger partial charge in [-0.15, -0.1) is 0 Å². The number of nitrogens with one attached hydrogen (secondary N) is 1. The minimum atomic E-state index is -1.01. The van der Waals surface area contributed by atoms with Crippen LogP contribution in [0.5, 0.6) is 0 Å². The number of anilines is 1. The Bertz CT molecular complexity index is 862. The molecule has 3 atom stereocenters. The molecule has 0 aromatic heterocycles. The van der Waals surface area contributed by atoms with Crippen LogP contribution in [0.4, 0.5) is 14.5 Å². The van der Waals surface area contributed by atoms with Crippen LogP contribution in [0.3, 0.4) is 0 Å². The highest BCUT2D eigenvalue weighted by atomic mass is 19.1.